The van der Waals surface area contributed by atoms with Crippen molar-refractivity contribution in [2.24, 2.45) is 5.41 Å². The highest BCUT2D eigenvalue weighted by atomic mass is 35.7. The van der Waals surface area contributed by atoms with Crippen molar-refractivity contribution in [3.63, 3.8) is 0 Å². The van der Waals surface area contributed by atoms with E-state index >= 15 is 0 Å². The van der Waals surface area contributed by atoms with Crippen LogP contribution in [-0.4, -0.2) is 40.1 Å². The molecule has 110 valence electrons. The Morgan fingerprint density at radius 3 is 2.17 bits per heavy atom. The van der Waals surface area contributed by atoms with E-state index in [2.05, 4.69) is 0 Å². The maximum atomic E-state index is 11.3. The standard InChI is InChI=1S/C12H25ClO4S/c1-5-12(6-2,10-18(13,14)15)9-17-11(4)8-16-7-3/h11H,5-10H2,1-4H3. The maximum absolute atomic E-state index is 11.3. The summed E-state index contributed by atoms with van der Waals surface area (Å²) in [5.41, 5.74) is -0.402. The lowest BCUT2D eigenvalue weighted by atomic mass is 9.85. The molecule has 0 fully saturated rings. The van der Waals surface area contributed by atoms with Crippen LogP contribution in [0.5, 0.6) is 0 Å². The molecule has 0 aliphatic heterocycles. The molecular weight excluding hydrogens is 276 g/mol. The number of ether oxygens (including phenoxy) is 2. The molecular formula is C12H25ClO4S. The van der Waals surface area contributed by atoms with Crippen molar-refractivity contribution in [2.75, 3.05) is 25.6 Å². The summed E-state index contributed by atoms with van der Waals surface area (Å²) in [6.45, 7) is 9.32. The SMILES string of the molecule is CCOCC(C)OCC(CC)(CC)CS(=O)(=O)Cl. The van der Waals surface area contributed by atoms with Gasteiger partial charge < -0.3 is 9.47 Å². The second-order valence-electron chi connectivity index (χ2n) is 4.67. The predicted molar refractivity (Wildman–Crippen MR) is 74.6 cm³/mol. The third-order valence-electron chi connectivity index (χ3n) is 3.21. The maximum Gasteiger partial charge on any atom is 0.233 e. The monoisotopic (exact) mass is 300 g/mol. The average Bonchev–Trinajstić information content (AvgIpc) is 2.30. The summed E-state index contributed by atoms with van der Waals surface area (Å²) in [5.74, 6) is -0.0457. The Morgan fingerprint density at radius 1 is 1.22 bits per heavy atom. The summed E-state index contributed by atoms with van der Waals surface area (Å²) in [6.07, 6.45) is 1.40. The summed E-state index contributed by atoms with van der Waals surface area (Å²) in [5, 5.41) is 0. The molecule has 0 heterocycles. The summed E-state index contributed by atoms with van der Waals surface area (Å²) in [7, 11) is 1.86. The fraction of sp³-hybridized carbons (Fsp3) is 1.00. The van der Waals surface area contributed by atoms with E-state index in [0.717, 1.165) is 12.8 Å². The Labute approximate surface area is 115 Å². The van der Waals surface area contributed by atoms with Gasteiger partial charge in [0.25, 0.3) is 0 Å². The van der Waals surface area contributed by atoms with Crippen molar-refractivity contribution >= 4 is 19.7 Å². The molecule has 0 aliphatic carbocycles. The topological polar surface area (TPSA) is 52.6 Å². The van der Waals surface area contributed by atoms with E-state index in [4.69, 9.17) is 20.2 Å². The molecule has 18 heavy (non-hydrogen) atoms. The first-order valence-corrected chi connectivity index (χ1v) is 8.88. The molecule has 0 amide bonds. The first kappa shape index (κ1) is 18.2. The highest BCUT2D eigenvalue weighted by Crippen LogP contribution is 2.30. The molecule has 0 saturated carbocycles. The summed E-state index contributed by atoms with van der Waals surface area (Å²) >= 11 is 0. The summed E-state index contributed by atoms with van der Waals surface area (Å²) in [4.78, 5) is 0. The molecule has 0 radical (unpaired) electrons. The minimum atomic E-state index is -3.51. The van der Waals surface area contributed by atoms with Crippen LogP contribution in [0, 0.1) is 5.41 Å². The molecule has 0 spiro atoms. The fourth-order valence-electron chi connectivity index (χ4n) is 1.72. The van der Waals surface area contributed by atoms with Gasteiger partial charge in [-0.25, -0.2) is 8.42 Å². The molecule has 0 aliphatic rings. The zero-order valence-corrected chi connectivity index (χ0v) is 13.3. The van der Waals surface area contributed by atoms with Crippen molar-refractivity contribution in [1.29, 1.82) is 0 Å². The molecule has 4 nitrogen and oxygen atoms in total. The molecule has 1 atom stereocenters. The predicted octanol–water partition coefficient (Wildman–Crippen LogP) is 2.80. The van der Waals surface area contributed by atoms with Crippen LogP contribution in [0.15, 0.2) is 0 Å². The van der Waals surface area contributed by atoms with Gasteiger partial charge in [0.15, 0.2) is 0 Å². The van der Waals surface area contributed by atoms with E-state index in [1.54, 1.807) is 0 Å². The third kappa shape index (κ3) is 7.56. The number of rotatable bonds is 10. The molecule has 1 unspecified atom stereocenters. The summed E-state index contributed by atoms with van der Waals surface area (Å²) in [6, 6.07) is 0. The normalized spacial score (nSPS) is 14.7. The molecule has 0 aromatic rings. The second kappa shape index (κ2) is 8.35. The Morgan fingerprint density at radius 2 is 1.78 bits per heavy atom. The van der Waals surface area contributed by atoms with Gasteiger partial charge >= 0.3 is 0 Å². The lowest BCUT2D eigenvalue weighted by molar-refractivity contribution is -0.0381. The Bertz CT molecular complexity index is 312. The molecule has 0 bridgehead atoms. The van der Waals surface area contributed by atoms with Crippen LogP contribution in [-0.2, 0) is 18.5 Å². The van der Waals surface area contributed by atoms with Crippen LogP contribution in [0.25, 0.3) is 0 Å². The molecule has 0 aromatic carbocycles. The van der Waals surface area contributed by atoms with Gasteiger partial charge in [-0.05, 0) is 26.7 Å². The van der Waals surface area contributed by atoms with Gasteiger partial charge in [0.1, 0.15) is 0 Å². The zero-order chi connectivity index (χ0) is 14.2. The van der Waals surface area contributed by atoms with Crippen molar-refractivity contribution in [2.45, 2.75) is 46.6 Å². The first-order valence-electron chi connectivity index (χ1n) is 6.40. The van der Waals surface area contributed by atoms with Crippen LogP contribution in [0.4, 0.5) is 0 Å². The smallest absolute Gasteiger partial charge is 0.233 e. The number of halogens is 1. The van der Waals surface area contributed by atoms with E-state index < -0.39 is 14.5 Å². The highest BCUT2D eigenvalue weighted by Gasteiger charge is 2.32. The van der Waals surface area contributed by atoms with Crippen LogP contribution in [0.2, 0.25) is 0 Å². The Kier molecular flexibility index (Phi) is 8.43. The van der Waals surface area contributed by atoms with Gasteiger partial charge in [0.05, 0.1) is 25.1 Å². The molecule has 0 rings (SSSR count). The van der Waals surface area contributed by atoms with E-state index in [1.807, 2.05) is 27.7 Å². The van der Waals surface area contributed by atoms with Gasteiger partial charge in [-0.15, -0.1) is 0 Å². The number of hydrogen-bond acceptors (Lipinski definition) is 4. The minimum absolute atomic E-state index is 0.0412. The van der Waals surface area contributed by atoms with E-state index in [0.29, 0.717) is 19.8 Å². The van der Waals surface area contributed by atoms with Crippen molar-refractivity contribution in [3.05, 3.63) is 0 Å². The van der Waals surface area contributed by atoms with E-state index in [-0.39, 0.29) is 11.9 Å². The van der Waals surface area contributed by atoms with E-state index in [1.165, 1.54) is 0 Å². The van der Waals surface area contributed by atoms with Gasteiger partial charge in [-0.1, -0.05) is 13.8 Å². The van der Waals surface area contributed by atoms with Crippen molar-refractivity contribution < 1.29 is 17.9 Å². The molecule has 0 saturated heterocycles. The largest absolute Gasteiger partial charge is 0.379 e. The van der Waals surface area contributed by atoms with Crippen LogP contribution >= 0.6 is 10.7 Å². The van der Waals surface area contributed by atoms with Gasteiger partial charge in [0.2, 0.25) is 9.05 Å². The van der Waals surface area contributed by atoms with Gasteiger partial charge in [-0.3, -0.25) is 0 Å². The Hall–Kier alpha value is 0.160. The van der Waals surface area contributed by atoms with Crippen LogP contribution < -0.4 is 0 Å². The quantitative estimate of drug-likeness (QED) is 0.582. The first-order chi connectivity index (χ1) is 8.28. The fourth-order valence-corrected chi connectivity index (χ4v) is 3.63. The second-order valence-corrected chi connectivity index (χ2v) is 7.45. The van der Waals surface area contributed by atoms with Gasteiger partial charge in [-0.2, -0.15) is 0 Å². The third-order valence-corrected chi connectivity index (χ3v) is 4.49. The van der Waals surface area contributed by atoms with Gasteiger partial charge in [0, 0.05) is 22.7 Å². The molecule has 6 heteroatoms. The zero-order valence-electron chi connectivity index (χ0n) is 11.7. The van der Waals surface area contributed by atoms with Crippen LogP contribution in [0.3, 0.4) is 0 Å². The number of hydrogen-bond donors (Lipinski definition) is 0. The average molecular weight is 301 g/mol. The van der Waals surface area contributed by atoms with Crippen LogP contribution in [0.1, 0.15) is 40.5 Å². The lowest BCUT2D eigenvalue weighted by Crippen LogP contribution is -2.34. The lowest BCUT2D eigenvalue weighted by Gasteiger charge is -2.31. The van der Waals surface area contributed by atoms with Crippen molar-refractivity contribution in [1.82, 2.24) is 0 Å². The van der Waals surface area contributed by atoms with E-state index in [9.17, 15) is 8.42 Å². The minimum Gasteiger partial charge on any atom is -0.379 e. The molecule has 0 N–H and O–H groups in total. The summed E-state index contributed by atoms with van der Waals surface area (Å²) < 4.78 is 33.5. The molecule has 0 aromatic heterocycles. The van der Waals surface area contributed by atoms with Crippen molar-refractivity contribution in [3.8, 4) is 0 Å². The highest BCUT2D eigenvalue weighted by molar-refractivity contribution is 8.13. The Balaban J connectivity index is 4.43.